The smallest absolute Gasteiger partial charge is 0.239 e. The number of hydrogen-bond acceptors (Lipinski definition) is 2. The second-order valence-electron chi connectivity index (χ2n) is 4.11. The Bertz CT molecular complexity index is 332. The Kier molecular flexibility index (Phi) is 4.83. The van der Waals surface area contributed by atoms with E-state index in [-0.39, 0.29) is 11.9 Å². The third-order valence-electron chi connectivity index (χ3n) is 2.58. The van der Waals surface area contributed by atoms with Crippen molar-refractivity contribution in [3.63, 3.8) is 0 Å². The Balaban J connectivity index is 2.60. The fraction of sp³-hybridized carbons (Fsp3) is 0.462. The van der Waals surface area contributed by atoms with Crippen LogP contribution in [0.3, 0.4) is 0 Å². The monoisotopic (exact) mass is 220 g/mol. The summed E-state index contributed by atoms with van der Waals surface area (Å²) in [6.45, 7) is 4.14. The van der Waals surface area contributed by atoms with Gasteiger partial charge in [-0.3, -0.25) is 4.79 Å². The average Bonchev–Trinajstić information content (AvgIpc) is 2.26. The second-order valence-corrected chi connectivity index (χ2v) is 4.11. The average molecular weight is 220 g/mol. The number of benzene rings is 1. The van der Waals surface area contributed by atoms with Crippen LogP contribution in [0.1, 0.15) is 31.7 Å². The number of primary amides is 1. The number of unbranched alkanes of at least 4 members (excludes halogenated alkanes) is 1. The summed E-state index contributed by atoms with van der Waals surface area (Å²) in [6.07, 6.45) is 2.87. The molecule has 0 aliphatic carbocycles. The number of hydrogen-bond donors (Lipinski definition) is 2. The van der Waals surface area contributed by atoms with Crippen molar-refractivity contribution in [3.8, 4) is 0 Å². The lowest BCUT2D eigenvalue weighted by Crippen LogP contribution is -2.35. The first-order valence-corrected chi connectivity index (χ1v) is 5.76. The van der Waals surface area contributed by atoms with Gasteiger partial charge in [-0.1, -0.05) is 37.5 Å². The molecule has 1 aromatic carbocycles. The molecule has 0 saturated carbocycles. The molecule has 16 heavy (non-hydrogen) atoms. The van der Waals surface area contributed by atoms with E-state index in [1.807, 2.05) is 31.2 Å². The molecule has 3 N–H and O–H groups in total. The van der Waals surface area contributed by atoms with Crippen LogP contribution in [-0.2, 0) is 4.79 Å². The molecule has 1 aromatic rings. The lowest BCUT2D eigenvalue weighted by molar-refractivity contribution is -0.118. The van der Waals surface area contributed by atoms with Crippen LogP contribution in [0.15, 0.2) is 24.3 Å². The van der Waals surface area contributed by atoms with Crippen molar-refractivity contribution in [2.45, 2.75) is 39.2 Å². The zero-order valence-electron chi connectivity index (χ0n) is 9.99. The molecule has 3 heteroatoms. The minimum absolute atomic E-state index is 0.261. The maximum atomic E-state index is 11.2. The van der Waals surface area contributed by atoms with E-state index < -0.39 is 0 Å². The maximum Gasteiger partial charge on any atom is 0.239 e. The van der Waals surface area contributed by atoms with Crippen LogP contribution in [0.25, 0.3) is 0 Å². The van der Waals surface area contributed by atoms with E-state index in [4.69, 9.17) is 5.73 Å². The minimum Gasteiger partial charge on any atom is -0.374 e. The summed E-state index contributed by atoms with van der Waals surface area (Å²) in [6, 6.07) is 7.71. The Morgan fingerprint density at radius 2 is 2.00 bits per heavy atom. The second kappa shape index (κ2) is 6.16. The highest BCUT2D eigenvalue weighted by atomic mass is 16.1. The molecule has 0 spiro atoms. The predicted molar refractivity (Wildman–Crippen MR) is 67.3 cm³/mol. The van der Waals surface area contributed by atoms with Gasteiger partial charge in [0.2, 0.25) is 5.91 Å². The number of nitrogens with two attached hydrogens (primary N) is 1. The van der Waals surface area contributed by atoms with Crippen LogP contribution in [0.4, 0.5) is 5.69 Å². The largest absolute Gasteiger partial charge is 0.374 e. The first-order valence-electron chi connectivity index (χ1n) is 5.76. The van der Waals surface area contributed by atoms with E-state index in [9.17, 15) is 4.79 Å². The number of amides is 1. The Morgan fingerprint density at radius 3 is 2.50 bits per heavy atom. The van der Waals surface area contributed by atoms with Gasteiger partial charge in [0, 0.05) is 5.69 Å². The van der Waals surface area contributed by atoms with Crippen molar-refractivity contribution in [3.05, 3.63) is 29.8 Å². The lowest BCUT2D eigenvalue weighted by atomic mass is 10.1. The molecule has 0 radical (unpaired) electrons. The summed E-state index contributed by atoms with van der Waals surface area (Å²) in [4.78, 5) is 11.2. The van der Waals surface area contributed by atoms with Crippen molar-refractivity contribution in [2.75, 3.05) is 5.32 Å². The van der Waals surface area contributed by atoms with Crippen molar-refractivity contribution in [2.24, 2.45) is 5.73 Å². The number of nitrogens with one attached hydrogen (secondary N) is 1. The molecule has 3 nitrogen and oxygen atoms in total. The number of aryl methyl sites for hydroxylation is 1. The summed E-state index contributed by atoms with van der Waals surface area (Å²) in [5.74, 6) is -0.283. The lowest BCUT2D eigenvalue weighted by Gasteiger charge is -2.16. The summed E-state index contributed by atoms with van der Waals surface area (Å²) in [5, 5.41) is 3.17. The topological polar surface area (TPSA) is 55.1 Å². The number of anilines is 1. The summed E-state index contributed by atoms with van der Waals surface area (Å²) in [5.41, 5.74) is 7.51. The first kappa shape index (κ1) is 12.6. The Hall–Kier alpha value is -1.51. The number of carbonyl (C=O) groups excluding carboxylic acids is 1. The molecule has 0 bridgehead atoms. The van der Waals surface area contributed by atoms with Gasteiger partial charge >= 0.3 is 0 Å². The van der Waals surface area contributed by atoms with Gasteiger partial charge in [0.25, 0.3) is 0 Å². The molecule has 88 valence electrons. The Morgan fingerprint density at radius 1 is 1.38 bits per heavy atom. The zero-order chi connectivity index (χ0) is 12.0. The van der Waals surface area contributed by atoms with Crippen molar-refractivity contribution < 1.29 is 4.79 Å². The maximum absolute atomic E-state index is 11.2. The molecule has 1 atom stereocenters. The van der Waals surface area contributed by atoms with E-state index in [0.29, 0.717) is 0 Å². The minimum atomic E-state index is -0.283. The van der Waals surface area contributed by atoms with Gasteiger partial charge in [0.05, 0.1) is 0 Å². The molecular weight excluding hydrogens is 200 g/mol. The standard InChI is InChI=1S/C13H20N2O/c1-3-4-5-12(13(14)16)15-11-8-6-10(2)7-9-11/h6-9,12,15H,3-5H2,1-2H3,(H2,14,16). The molecule has 0 heterocycles. The quantitative estimate of drug-likeness (QED) is 0.773. The van der Waals surface area contributed by atoms with Gasteiger partial charge in [-0.05, 0) is 25.5 Å². The predicted octanol–water partition coefficient (Wildman–Crippen LogP) is 2.45. The van der Waals surface area contributed by atoms with Gasteiger partial charge in [0.1, 0.15) is 6.04 Å². The third-order valence-corrected chi connectivity index (χ3v) is 2.58. The fourth-order valence-corrected chi connectivity index (χ4v) is 1.54. The van der Waals surface area contributed by atoms with E-state index >= 15 is 0 Å². The summed E-state index contributed by atoms with van der Waals surface area (Å²) < 4.78 is 0. The van der Waals surface area contributed by atoms with E-state index in [1.54, 1.807) is 0 Å². The van der Waals surface area contributed by atoms with Crippen LogP contribution < -0.4 is 11.1 Å². The zero-order valence-corrected chi connectivity index (χ0v) is 9.99. The summed E-state index contributed by atoms with van der Waals surface area (Å²) >= 11 is 0. The number of carbonyl (C=O) groups is 1. The molecule has 0 saturated heterocycles. The molecule has 1 unspecified atom stereocenters. The highest BCUT2D eigenvalue weighted by molar-refractivity contribution is 5.82. The molecule has 0 fully saturated rings. The Labute approximate surface area is 97.0 Å². The molecule has 0 aromatic heterocycles. The highest BCUT2D eigenvalue weighted by Gasteiger charge is 2.13. The molecule has 0 aliphatic rings. The first-order chi connectivity index (χ1) is 7.63. The van der Waals surface area contributed by atoms with Crippen LogP contribution >= 0.6 is 0 Å². The fourth-order valence-electron chi connectivity index (χ4n) is 1.54. The van der Waals surface area contributed by atoms with Gasteiger partial charge in [-0.25, -0.2) is 0 Å². The van der Waals surface area contributed by atoms with Gasteiger partial charge in [-0.15, -0.1) is 0 Å². The van der Waals surface area contributed by atoms with Crippen molar-refractivity contribution in [1.82, 2.24) is 0 Å². The number of rotatable bonds is 6. The molecule has 1 rings (SSSR count). The molecule has 0 aliphatic heterocycles. The SMILES string of the molecule is CCCCC(Nc1ccc(C)cc1)C(N)=O. The summed E-state index contributed by atoms with van der Waals surface area (Å²) in [7, 11) is 0. The third kappa shape index (κ3) is 3.93. The van der Waals surface area contributed by atoms with E-state index in [1.165, 1.54) is 5.56 Å². The van der Waals surface area contributed by atoms with E-state index in [2.05, 4.69) is 12.2 Å². The van der Waals surface area contributed by atoms with Crippen LogP contribution in [0.2, 0.25) is 0 Å². The van der Waals surface area contributed by atoms with E-state index in [0.717, 1.165) is 24.9 Å². The van der Waals surface area contributed by atoms with Crippen molar-refractivity contribution in [1.29, 1.82) is 0 Å². The molecule has 1 amide bonds. The molecular formula is C13H20N2O. The highest BCUT2D eigenvalue weighted by Crippen LogP contribution is 2.12. The van der Waals surface area contributed by atoms with Gasteiger partial charge in [0.15, 0.2) is 0 Å². The van der Waals surface area contributed by atoms with Crippen molar-refractivity contribution >= 4 is 11.6 Å². The van der Waals surface area contributed by atoms with Crippen LogP contribution in [-0.4, -0.2) is 11.9 Å². The van der Waals surface area contributed by atoms with Crippen LogP contribution in [0.5, 0.6) is 0 Å². The normalized spacial score (nSPS) is 12.1. The van der Waals surface area contributed by atoms with Gasteiger partial charge in [-0.2, -0.15) is 0 Å². The van der Waals surface area contributed by atoms with Gasteiger partial charge < -0.3 is 11.1 Å². The van der Waals surface area contributed by atoms with Crippen LogP contribution in [0, 0.1) is 6.92 Å².